The Morgan fingerprint density at radius 1 is 1.28 bits per heavy atom. The molecule has 0 radical (unpaired) electrons. The summed E-state index contributed by atoms with van der Waals surface area (Å²) in [6, 6.07) is 9.05. The zero-order valence-electron chi connectivity index (χ0n) is 15.7. The molecule has 0 unspecified atom stereocenters. The summed E-state index contributed by atoms with van der Waals surface area (Å²) >= 11 is 0. The fourth-order valence-corrected chi connectivity index (χ4v) is 4.02. The highest BCUT2D eigenvalue weighted by atomic mass is 16.5. The molecule has 2 amide bonds. The van der Waals surface area contributed by atoms with Crippen LogP contribution in [0.2, 0.25) is 0 Å². The van der Waals surface area contributed by atoms with Gasteiger partial charge in [-0.1, -0.05) is 31.2 Å². The Labute approximate surface area is 151 Å². The lowest BCUT2D eigenvalue weighted by Crippen LogP contribution is -2.48. The topological polar surface area (TPSA) is 44.8 Å². The number of hydrogen-bond donors (Lipinski definition) is 1. The third-order valence-corrected chi connectivity index (χ3v) is 5.53. The van der Waals surface area contributed by atoms with E-state index < -0.39 is 0 Å². The molecule has 2 saturated heterocycles. The summed E-state index contributed by atoms with van der Waals surface area (Å²) in [7, 11) is 0. The van der Waals surface area contributed by atoms with Crippen molar-refractivity contribution in [2.75, 3.05) is 39.4 Å². The summed E-state index contributed by atoms with van der Waals surface area (Å²) in [6.45, 7) is 11.7. The number of likely N-dealkylation sites (tertiary alicyclic amines) is 1. The zero-order chi connectivity index (χ0) is 17.8. The van der Waals surface area contributed by atoms with E-state index in [4.69, 9.17) is 4.74 Å². The van der Waals surface area contributed by atoms with Crippen molar-refractivity contribution in [3.05, 3.63) is 35.4 Å². The van der Waals surface area contributed by atoms with Gasteiger partial charge in [-0.15, -0.1) is 0 Å². The molecule has 1 N–H and O–H groups in total. The number of amides is 2. The van der Waals surface area contributed by atoms with E-state index >= 15 is 0 Å². The van der Waals surface area contributed by atoms with E-state index in [0.717, 1.165) is 45.8 Å². The van der Waals surface area contributed by atoms with Gasteiger partial charge >= 0.3 is 6.03 Å². The SMILES string of the molecule is Cc1ccccc1C[C@H](C)NC(=O)N1C[C@@H](N2CCOCC2)[C@@H](C)C1. The van der Waals surface area contributed by atoms with Crippen LogP contribution in [0.1, 0.15) is 25.0 Å². The first-order chi connectivity index (χ1) is 12.0. The number of carbonyl (C=O) groups excluding carboxylic acids is 1. The molecule has 2 heterocycles. The predicted molar refractivity (Wildman–Crippen MR) is 99.8 cm³/mol. The normalized spacial score (nSPS) is 25.8. The van der Waals surface area contributed by atoms with Crippen molar-refractivity contribution in [1.82, 2.24) is 15.1 Å². The lowest BCUT2D eigenvalue weighted by Gasteiger charge is -2.34. The number of aryl methyl sites for hydroxylation is 1. The van der Waals surface area contributed by atoms with Crippen molar-refractivity contribution in [1.29, 1.82) is 0 Å². The zero-order valence-corrected chi connectivity index (χ0v) is 15.7. The average Bonchev–Trinajstić information content (AvgIpc) is 3.00. The number of benzene rings is 1. The van der Waals surface area contributed by atoms with E-state index in [-0.39, 0.29) is 12.1 Å². The highest BCUT2D eigenvalue weighted by Gasteiger charge is 2.36. The van der Waals surface area contributed by atoms with Crippen LogP contribution in [0.4, 0.5) is 4.79 Å². The van der Waals surface area contributed by atoms with Gasteiger partial charge in [0.1, 0.15) is 0 Å². The fraction of sp³-hybridized carbons (Fsp3) is 0.650. The molecule has 5 heteroatoms. The van der Waals surface area contributed by atoms with Crippen molar-refractivity contribution in [2.24, 2.45) is 5.92 Å². The molecule has 0 aliphatic carbocycles. The lowest BCUT2D eigenvalue weighted by molar-refractivity contribution is 0.0123. The number of urea groups is 1. The molecule has 0 aromatic heterocycles. The number of nitrogens with one attached hydrogen (secondary N) is 1. The fourth-order valence-electron chi connectivity index (χ4n) is 4.02. The molecule has 1 aromatic rings. The molecule has 2 fully saturated rings. The second kappa shape index (κ2) is 8.19. The molecule has 2 aliphatic rings. The molecule has 0 spiro atoms. The molecule has 25 heavy (non-hydrogen) atoms. The van der Waals surface area contributed by atoms with Gasteiger partial charge in [-0.05, 0) is 37.3 Å². The standard InChI is InChI=1S/C20H31N3O2/c1-15-6-4-5-7-18(15)12-17(3)21-20(24)23-13-16(2)19(14-23)22-8-10-25-11-9-22/h4-7,16-17,19H,8-14H2,1-3H3,(H,21,24)/t16-,17-,19+/m0/s1. The first-order valence-electron chi connectivity index (χ1n) is 9.46. The first kappa shape index (κ1) is 18.2. The van der Waals surface area contributed by atoms with Gasteiger partial charge in [0.2, 0.25) is 0 Å². The van der Waals surface area contributed by atoms with Gasteiger partial charge < -0.3 is 15.0 Å². The maximum absolute atomic E-state index is 12.7. The summed E-state index contributed by atoms with van der Waals surface area (Å²) in [5, 5.41) is 3.19. The van der Waals surface area contributed by atoms with Gasteiger partial charge in [-0.2, -0.15) is 0 Å². The smallest absolute Gasteiger partial charge is 0.317 e. The van der Waals surface area contributed by atoms with E-state index in [9.17, 15) is 4.79 Å². The molecular weight excluding hydrogens is 314 g/mol. The lowest BCUT2D eigenvalue weighted by atomic mass is 10.0. The van der Waals surface area contributed by atoms with Crippen molar-refractivity contribution in [2.45, 2.75) is 39.3 Å². The van der Waals surface area contributed by atoms with Crippen LogP contribution in [-0.4, -0.2) is 67.3 Å². The van der Waals surface area contributed by atoms with E-state index in [0.29, 0.717) is 12.0 Å². The van der Waals surface area contributed by atoms with Gasteiger partial charge in [0, 0.05) is 38.3 Å². The minimum absolute atomic E-state index is 0.0729. The molecule has 3 atom stereocenters. The minimum Gasteiger partial charge on any atom is -0.379 e. The Kier molecular flexibility index (Phi) is 5.97. The van der Waals surface area contributed by atoms with Gasteiger partial charge in [-0.3, -0.25) is 4.90 Å². The van der Waals surface area contributed by atoms with Crippen LogP contribution in [0.5, 0.6) is 0 Å². The third-order valence-electron chi connectivity index (χ3n) is 5.53. The third kappa shape index (κ3) is 4.53. The van der Waals surface area contributed by atoms with Crippen molar-refractivity contribution in [3.63, 3.8) is 0 Å². The Hall–Kier alpha value is -1.59. The number of ether oxygens (including phenoxy) is 1. The van der Waals surface area contributed by atoms with Crippen LogP contribution in [0.25, 0.3) is 0 Å². The molecule has 138 valence electrons. The van der Waals surface area contributed by atoms with E-state index in [1.807, 2.05) is 4.90 Å². The summed E-state index contributed by atoms with van der Waals surface area (Å²) in [6.07, 6.45) is 0.870. The van der Waals surface area contributed by atoms with Crippen LogP contribution < -0.4 is 5.32 Å². The molecule has 0 bridgehead atoms. The highest BCUT2D eigenvalue weighted by molar-refractivity contribution is 5.75. The maximum atomic E-state index is 12.7. The predicted octanol–water partition coefficient (Wildman–Crippen LogP) is 2.29. The van der Waals surface area contributed by atoms with E-state index in [2.05, 4.69) is 55.3 Å². The van der Waals surface area contributed by atoms with Crippen LogP contribution in [0.3, 0.4) is 0 Å². The molecular formula is C20H31N3O2. The van der Waals surface area contributed by atoms with Crippen molar-refractivity contribution >= 4 is 6.03 Å². The van der Waals surface area contributed by atoms with Gasteiger partial charge in [-0.25, -0.2) is 4.79 Å². The number of hydrogen-bond acceptors (Lipinski definition) is 3. The minimum atomic E-state index is 0.0729. The Morgan fingerprint density at radius 2 is 2.00 bits per heavy atom. The maximum Gasteiger partial charge on any atom is 0.317 e. The van der Waals surface area contributed by atoms with Crippen LogP contribution in [-0.2, 0) is 11.2 Å². The molecule has 3 rings (SSSR count). The van der Waals surface area contributed by atoms with Crippen molar-refractivity contribution < 1.29 is 9.53 Å². The summed E-state index contributed by atoms with van der Waals surface area (Å²) in [5.74, 6) is 0.510. The molecule has 2 aliphatic heterocycles. The van der Waals surface area contributed by atoms with Crippen LogP contribution in [0.15, 0.2) is 24.3 Å². The van der Waals surface area contributed by atoms with Gasteiger partial charge in [0.15, 0.2) is 0 Å². The molecule has 5 nitrogen and oxygen atoms in total. The largest absolute Gasteiger partial charge is 0.379 e. The summed E-state index contributed by atoms with van der Waals surface area (Å²) in [4.78, 5) is 17.1. The van der Waals surface area contributed by atoms with E-state index in [1.165, 1.54) is 11.1 Å². The molecule has 0 saturated carbocycles. The molecule has 1 aromatic carbocycles. The first-order valence-corrected chi connectivity index (χ1v) is 9.46. The highest BCUT2D eigenvalue weighted by Crippen LogP contribution is 2.23. The Bertz CT molecular complexity index is 586. The Morgan fingerprint density at radius 3 is 2.72 bits per heavy atom. The number of morpholine rings is 1. The Balaban J connectivity index is 1.52. The number of carbonyl (C=O) groups is 1. The van der Waals surface area contributed by atoms with E-state index in [1.54, 1.807) is 0 Å². The summed E-state index contributed by atoms with van der Waals surface area (Å²) < 4.78 is 5.45. The number of nitrogens with zero attached hydrogens (tertiary/aromatic N) is 2. The van der Waals surface area contributed by atoms with Crippen LogP contribution in [0, 0.1) is 12.8 Å². The monoisotopic (exact) mass is 345 g/mol. The second-order valence-corrected chi connectivity index (χ2v) is 7.58. The van der Waals surface area contributed by atoms with Crippen molar-refractivity contribution in [3.8, 4) is 0 Å². The van der Waals surface area contributed by atoms with Gasteiger partial charge in [0.25, 0.3) is 0 Å². The number of rotatable bonds is 4. The quantitative estimate of drug-likeness (QED) is 0.911. The second-order valence-electron chi connectivity index (χ2n) is 7.58. The van der Waals surface area contributed by atoms with Crippen LogP contribution >= 0.6 is 0 Å². The average molecular weight is 345 g/mol. The van der Waals surface area contributed by atoms with Gasteiger partial charge in [0.05, 0.1) is 13.2 Å². The summed E-state index contributed by atoms with van der Waals surface area (Å²) in [5.41, 5.74) is 2.59.